The van der Waals surface area contributed by atoms with E-state index in [2.05, 4.69) is 14.7 Å². The van der Waals surface area contributed by atoms with Crippen LogP contribution in [0.25, 0.3) is 27.4 Å². The SMILES string of the molecule is CCOc1c2cn(-c3ccc(CS(=O)(=O)NC(=O)Cc4ccccn4)cc3C)c(=O)c2c(OCC)c2ccc[nH]c12. The van der Waals surface area contributed by atoms with Crippen LogP contribution >= 0.6 is 0 Å². The fourth-order valence-electron chi connectivity index (χ4n) is 4.94. The number of fused-ring (bicyclic) bond motifs is 2. The molecule has 2 N–H and O–H groups in total. The third kappa shape index (κ3) is 5.66. The van der Waals surface area contributed by atoms with E-state index in [9.17, 15) is 18.0 Å². The van der Waals surface area contributed by atoms with Crippen molar-refractivity contribution in [3.05, 3.63) is 94.3 Å². The molecular weight excluding hydrogens is 544 g/mol. The van der Waals surface area contributed by atoms with E-state index < -0.39 is 21.7 Å². The van der Waals surface area contributed by atoms with Crippen LogP contribution in [0.5, 0.6) is 11.5 Å². The summed E-state index contributed by atoms with van der Waals surface area (Å²) in [5.41, 5.74) is 2.66. The molecule has 3 aromatic heterocycles. The van der Waals surface area contributed by atoms with Crippen LogP contribution < -0.4 is 19.8 Å². The van der Waals surface area contributed by atoms with Crippen LogP contribution in [0.2, 0.25) is 0 Å². The van der Waals surface area contributed by atoms with Crippen LogP contribution in [0.3, 0.4) is 0 Å². The molecule has 5 aromatic rings. The van der Waals surface area contributed by atoms with E-state index in [1.807, 2.05) is 26.0 Å². The van der Waals surface area contributed by atoms with Gasteiger partial charge in [0.2, 0.25) is 15.9 Å². The summed E-state index contributed by atoms with van der Waals surface area (Å²) in [5.74, 6) is -0.0288. The Morgan fingerprint density at radius 3 is 2.51 bits per heavy atom. The highest BCUT2D eigenvalue weighted by Gasteiger charge is 2.23. The van der Waals surface area contributed by atoms with Crippen molar-refractivity contribution in [1.82, 2.24) is 19.3 Å². The van der Waals surface area contributed by atoms with Crippen LogP contribution in [-0.4, -0.2) is 42.1 Å². The summed E-state index contributed by atoms with van der Waals surface area (Å²) in [6.07, 6.45) is 4.91. The van der Waals surface area contributed by atoms with E-state index in [1.165, 1.54) is 4.57 Å². The number of rotatable bonds is 10. The van der Waals surface area contributed by atoms with Gasteiger partial charge in [0.25, 0.3) is 5.56 Å². The molecule has 5 rings (SSSR count). The van der Waals surface area contributed by atoms with Crippen LogP contribution in [0, 0.1) is 6.92 Å². The highest BCUT2D eigenvalue weighted by Crippen LogP contribution is 2.41. The molecule has 11 heteroatoms. The van der Waals surface area contributed by atoms with Crippen molar-refractivity contribution in [2.24, 2.45) is 0 Å². The monoisotopic (exact) mass is 574 g/mol. The van der Waals surface area contributed by atoms with Crippen molar-refractivity contribution in [1.29, 1.82) is 0 Å². The number of nitrogens with one attached hydrogen (secondary N) is 2. The van der Waals surface area contributed by atoms with Gasteiger partial charge in [-0.1, -0.05) is 18.2 Å². The zero-order valence-electron chi connectivity index (χ0n) is 22.9. The second kappa shape index (κ2) is 11.5. The molecule has 0 unspecified atom stereocenters. The lowest BCUT2D eigenvalue weighted by atomic mass is 10.1. The van der Waals surface area contributed by atoms with Crippen molar-refractivity contribution >= 4 is 37.6 Å². The summed E-state index contributed by atoms with van der Waals surface area (Å²) in [6.45, 7) is 6.32. The largest absolute Gasteiger partial charge is 0.492 e. The topological polar surface area (TPSA) is 132 Å². The minimum absolute atomic E-state index is 0.147. The summed E-state index contributed by atoms with van der Waals surface area (Å²) < 4.78 is 41.0. The predicted molar refractivity (Wildman–Crippen MR) is 157 cm³/mol. The van der Waals surface area contributed by atoms with Crippen molar-refractivity contribution in [2.45, 2.75) is 32.9 Å². The number of H-pyrrole nitrogens is 1. The van der Waals surface area contributed by atoms with Crippen LogP contribution in [0.15, 0.2) is 71.9 Å². The predicted octanol–water partition coefficient (Wildman–Crippen LogP) is 4.16. The van der Waals surface area contributed by atoms with Crippen LogP contribution in [-0.2, 0) is 27.0 Å². The van der Waals surface area contributed by atoms with Crippen molar-refractivity contribution < 1.29 is 22.7 Å². The number of benzene rings is 2. The number of aromatic amines is 1. The highest BCUT2D eigenvalue weighted by atomic mass is 32.2. The maximum atomic E-state index is 13.8. The van der Waals surface area contributed by atoms with E-state index in [1.54, 1.807) is 61.9 Å². The van der Waals surface area contributed by atoms with E-state index in [0.717, 1.165) is 10.9 Å². The normalized spacial score (nSPS) is 11.6. The quantitative estimate of drug-likeness (QED) is 0.256. The van der Waals surface area contributed by atoms with Crippen LogP contribution in [0.4, 0.5) is 0 Å². The fraction of sp³-hybridized carbons (Fsp3) is 0.233. The minimum Gasteiger partial charge on any atom is -0.492 e. The Morgan fingerprint density at radius 2 is 1.80 bits per heavy atom. The summed E-state index contributed by atoms with van der Waals surface area (Å²) in [5, 5.41) is 1.75. The van der Waals surface area contributed by atoms with Gasteiger partial charge in [0, 0.05) is 29.7 Å². The molecular formula is C30H30N4O6S. The van der Waals surface area contributed by atoms with Gasteiger partial charge < -0.3 is 14.5 Å². The Bertz CT molecular complexity index is 1910. The molecule has 0 radical (unpaired) electrons. The molecule has 0 aliphatic rings. The lowest BCUT2D eigenvalue weighted by molar-refractivity contribution is -0.118. The molecule has 212 valence electrons. The Kier molecular flexibility index (Phi) is 7.80. The summed E-state index contributed by atoms with van der Waals surface area (Å²) in [6, 6.07) is 13.8. The molecule has 0 aliphatic carbocycles. The molecule has 1 amide bonds. The third-order valence-electron chi connectivity index (χ3n) is 6.55. The lowest BCUT2D eigenvalue weighted by Gasteiger charge is -2.13. The van der Waals surface area contributed by atoms with E-state index in [0.29, 0.717) is 58.0 Å². The first kappa shape index (κ1) is 27.9. The first-order valence-corrected chi connectivity index (χ1v) is 14.8. The van der Waals surface area contributed by atoms with Gasteiger partial charge in [0.05, 0.1) is 47.4 Å². The molecule has 10 nitrogen and oxygen atoms in total. The molecule has 0 fully saturated rings. The number of ether oxygens (including phenoxy) is 2. The number of hydrogen-bond donors (Lipinski definition) is 2. The molecule has 0 saturated heterocycles. The smallest absolute Gasteiger partial charge is 0.266 e. The molecule has 3 heterocycles. The van der Waals surface area contributed by atoms with Gasteiger partial charge in [-0.05, 0) is 62.2 Å². The van der Waals surface area contributed by atoms with Gasteiger partial charge in [0.1, 0.15) is 5.75 Å². The standard InChI is InChI=1S/C30H30N4O6S/c1-4-39-28-22-10-8-14-32-27(22)29(40-5-2)23-17-34(30(36)26(23)28)24-12-11-20(15-19(24)3)18-41(37,38)33-25(35)16-21-9-6-7-13-31-21/h6-15,17,32H,4-5,16,18H2,1-3H3,(H,33,35). The van der Waals surface area contributed by atoms with Gasteiger partial charge in [0.15, 0.2) is 5.75 Å². The Morgan fingerprint density at radius 1 is 1.02 bits per heavy atom. The molecule has 0 spiro atoms. The molecule has 0 atom stereocenters. The van der Waals surface area contributed by atoms with Gasteiger partial charge >= 0.3 is 0 Å². The number of amides is 1. The number of carbonyl (C=O) groups is 1. The number of carbonyl (C=O) groups excluding carboxylic acids is 1. The molecule has 0 bridgehead atoms. The average molecular weight is 575 g/mol. The summed E-state index contributed by atoms with van der Waals surface area (Å²) in [7, 11) is -3.96. The second-order valence-electron chi connectivity index (χ2n) is 9.48. The van der Waals surface area contributed by atoms with Crippen LogP contribution in [0.1, 0.15) is 30.7 Å². The van der Waals surface area contributed by atoms with E-state index in [-0.39, 0.29) is 12.0 Å². The van der Waals surface area contributed by atoms with Gasteiger partial charge in [-0.15, -0.1) is 0 Å². The third-order valence-corrected chi connectivity index (χ3v) is 7.80. The zero-order valence-corrected chi connectivity index (χ0v) is 23.7. The van der Waals surface area contributed by atoms with Crippen molar-refractivity contribution in [3.63, 3.8) is 0 Å². The number of sulfonamides is 1. The Hall–Kier alpha value is -4.64. The number of aromatic nitrogens is 3. The minimum atomic E-state index is -3.96. The van der Waals surface area contributed by atoms with Gasteiger partial charge in [-0.2, -0.15) is 0 Å². The molecule has 0 aliphatic heterocycles. The first-order valence-electron chi connectivity index (χ1n) is 13.2. The number of pyridine rings is 2. The number of hydrogen-bond acceptors (Lipinski definition) is 7. The lowest BCUT2D eigenvalue weighted by Crippen LogP contribution is -2.33. The fourth-order valence-corrected chi connectivity index (χ4v) is 6.05. The zero-order chi connectivity index (χ0) is 29.1. The highest BCUT2D eigenvalue weighted by molar-refractivity contribution is 7.89. The summed E-state index contributed by atoms with van der Waals surface area (Å²) >= 11 is 0. The number of nitrogens with zero attached hydrogens (tertiary/aromatic N) is 2. The maximum Gasteiger partial charge on any atom is 0.266 e. The second-order valence-corrected chi connectivity index (χ2v) is 11.2. The number of aryl methyl sites for hydroxylation is 1. The Labute approximate surface area is 237 Å². The Balaban J connectivity index is 1.49. The van der Waals surface area contributed by atoms with Gasteiger partial charge in [-0.25, -0.2) is 8.42 Å². The first-order chi connectivity index (χ1) is 19.7. The molecule has 2 aromatic carbocycles. The van der Waals surface area contributed by atoms with Crippen molar-refractivity contribution in [3.8, 4) is 17.2 Å². The molecule has 41 heavy (non-hydrogen) atoms. The maximum absolute atomic E-state index is 13.8. The van der Waals surface area contributed by atoms with E-state index in [4.69, 9.17) is 9.47 Å². The van der Waals surface area contributed by atoms with Crippen molar-refractivity contribution in [2.75, 3.05) is 13.2 Å². The molecule has 0 saturated carbocycles. The van der Waals surface area contributed by atoms with Gasteiger partial charge in [-0.3, -0.25) is 23.9 Å². The van der Waals surface area contributed by atoms with E-state index >= 15 is 0 Å². The average Bonchev–Trinajstić information content (AvgIpc) is 3.27. The summed E-state index contributed by atoms with van der Waals surface area (Å²) in [4.78, 5) is 33.4.